The fraction of sp³-hybridized carbons (Fsp3) is 0.500. The molecule has 0 atom stereocenters. The summed E-state index contributed by atoms with van der Waals surface area (Å²) in [6.45, 7) is 0. The maximum Gasteiger partial charge on any atom is 0.324 e. The number of aromatic nitrogens is 1. The Kier molecular flexibility index (Phi) is 6.62. The van der Waals surface area contributed by atoms with Crippen LogP contribution in [0, 0.1) is 0 Å². The summed E-state index contributed by atoms with van der Waals surface area (Å²) in [6.07, 6.45) is 2.87. The van der Waals surface area contributed by atoms with Crippen molar-refractivity contribution in [3.05, 3.63) is 11.6 Å². The first kappa shape index (κ1) is 12.7. The normalized spacial score (nSPS) is 9.93. The third kappa shape index (κ3) is 5.91. The molecule has 0 saturated heterocycles. The molecule has 84 valence electrons. The summed E-state index contributed by atoms with van der Waals surface area (Å²) in [6, 6.07) is -0.146. The highest BCUT2D eigenvalue weighted by Gasteiger charge is 1.97. The number of thiazole rings is 1. The third-order valence-electron chi connectivity index (χ3n) is 1.42. The van der Waals surface area contributed by atoms with Crippen molar-refractivity contribution in [3.63, 3.8) is 0 Å². The van der Waals surface area contributed by atoms with Gasteiger partial charge in [0.1, 0.15) is 4.34 Å². The van der Waals surface area contributed by atoms with Crippen LogP contribution in [-0.4, -0.2) is 29.6 Å². The molecule has 2 N–H and O–H groups in total. The number of urea groups is 1. The van der Waals surface area contributed by atoms with Gasteiger partial charge in [-0.1, -0.05) is 11.8 Å². The lowest BCUT2D eigenvalue weighted by molar-refractivity contribution is 0.248. The van der Waals surface area contributed by atoms with E-state index in [0.717, 1.165) is 22.3 Å². The van der Waals surface area contributed by atoms with Crippen LogP contribution in [-0.2, 0) is 0 Å². The lowest BCUT2D eigenvalue weighted by Crippen LogP contribution is -2.27. The first-order valence-electron chi connectivity index (χ1n) is 4.44. The van der Waals surface area contributed by atoms with Gasteiger partial charge in [0.2, 0.25) is 0 Å². The van der Waals surface area contributed by atoms with E-state index in [9.17, 15) is 4.79 Å². The van der Waals surface area contributed by atoms with Gasteiger partial charge in [0.15, 0.2) is 0 Å². The Hall–Kier alpha value is -0.400. The second kappa shape index (κ2) is 7.84. The number of amides is 2. The molecule has 0 aromatic carbocycles. The Labute approximate surface area is 102 Å². The third-order valence-corrected chi connectivity index (χ3v) is 4.29. The Morgan fingerprint density at radius 2 is 2.47 bits per heavy atom. The first-order chi connectivity index (χ1) is 7.33. The van der Waals surface area contributed by atoms with Crippen molar-refractivity contribution in [1.29, 1.82) is 0 Å². The molecular formula is C8H13N3OS3. The van der Waals surface area contributed by atoms with E-state index >= 15 is 0 Å². The van der Waals surface area contributed by atoms with E-state index in [1.807, 2.05) is 11.6 Å². The molecule has 0 bridgehead atoms. The summed E-state index contributed by atoms with van der Waals surface area (Å²) in [5.41, 5.74) is 0. The van der Waals surface area contributed by atoms with Crippen LogP contribution in [0.5, 0.6) is 0 Å². The number of thioether (sulfide) groups is 1. The van der Waals surface area contributed by atoms with Crippen LogP contribution in [0.25, 0.3) is 0 Å². The second-order valence-electron chi connectivity index (χ2n) is 2.53. The molecule has 0 aliphatic heterocycles. The molecule has 0 aliphatic carbocycles. The number of carbonyl (C=O) groups is 1. The van der Waals surface area contributed by atoms with E-state index in [0.29, 0.717) is 0 Å². The standard InChI is InChI=1S/C8H13N3OS3/c1-9-7(12)11-15-5-2-4-13-8-10-3-6-14-8/h3,6H,2,4-5H2,1H3,(H2,9,11,12). The van der Waals surface area contributed by atoms with E-state index in [2.05, 4.69) is 15.0 Å². The molecule has 4 nitrogen and oxygen atoms in total. The van der Waals surface area contributed by atoms with Crippen molar-refractivity contribution in [2.24, 2.45) is 0 Å². The van der Waals surface area contributed by atoms with Crippen molar-refractivity contribution in [1.82, 2.24) is 15.0 Å². The SMILES string of the molecule is CNC(=O)NSCCCSc1nccs1. The highest BCUT2D eigenvalue weighted by molar-refractivity contribution is 8.01. The Morgan fingerprint density at radius 3 is 3.13 bits per heavy atom. The summed E-state index contributed by atoms with van der Waals surface area (Å²) in [7, 11) is 1.61. The van der Waals surface area contributed by atoms with Gasteiger partial charge in [0.25, 0.3) is 0 Å². The predicted molar refractivity (Wildman–Crippen MR) is 67.5 cm³/mol. The maximum atomic E-state index is 10.8. The van der Waals surface area contributed by atoms with Gasteiger partial charge in [0, 0.05) is 30.1 Å². The molecule has 0 spiro atoms. The molecule has 0 radical (unpaired) electrons. The minimum atomic E-state index is -0.146. The summed E-state index contributed by atoms with van der Waals surface area (Å²) in [5.74, 6) is 1.96. The van der Waals surface area contributed by atoms with Gasteiger partial charge >= 0.3 is 6.03 Å². The van der Waals surface area contributed by atoms with E-state index < -0.39 is 0 Å². The van der Waals surface area contributed by atoms with Crippen LogP contribution in [0.15, 0.2) is 15.9 Å². The fourth-order valence-corrected chi connectivity index (χ4v) is 3.19. The van der Waals surface area contributed by atoms with Crippen LogP contribution in [0.1, 0.15) is 6.42 Å². The van der Waals surface area contributed by atoms with Gasteiger partial charge in [-0.25, -0.2) is 9.78 Å². The zero-order chi connectivity index (χ0) is 10.9. The summed E-state index contributed by atoms with van der Waals surface area (Å²) in [4.78, 5) is 14.9. The van der Waals surface area contributed by atoms with Gasteiger partial charge in [0.05, 0.1) is 0 Å². The largest absolute Gasteiger partial charge is 0.341 e. The van der Waals surface area contributed by atoms with Crippen LogP contribution in [0.3, 0.4) is 0 Å². The second-order valence-corrected chi connectivity index (χ2v) is 5.67. The van der Waals surface area contributed by atoms with Crippen LogP contribution >= 0.6 is 35.0 Å². The zero-order valence-corrected chi connectivity index (χ0v) is 10.8. The van der Waals surface area contributed by atoms with Gasteiger partial charge < -0.3 is 5.32 Å². The molecule has 15 heavy (non-hydrogen) atoms. The molecule has 0 fully saturated rings. The zero-order valence-electron chi connectivity index (χ0n) is 8.36. The smallest absolute Gasteiger partial charge is 0.324 e. The lowest BCUT2D eigenvalue weighted by atomic mass is 10.6. The number of nitrogens with zero attached hydrogens (tertiary/aromatic N) is 1. The van der Waals surface area contributed by atoms with Gasteiger partial charge in [-0.15, -0.1) is 11.3 Å². The highest BCUT2D eigenvalue weighted by Crippen LogP contribution is 2.20. The number of rotatable bonds is 6. The lowest BCUT2D eigenvalue weighted by Gasteiger charge is -2.02. The average Bonchev–Trinajstić information content (AvgIpc) is 2.75. The molecule has 1 aromatic heterocycles. The van der Waals surface area contributed by atoms with Gasteiger partial charge in [-0.2, -0.15) is 0 Å². The Morgan fingerprint density at radius 1 is 1.60 bits per heavy atom. The Bertz CT molecular complexity index is 279. The molecule has 7 heteroatoms. The van der Waals surface area contributed by atoms with Crippen molar-refractivity contribution >= 4 is 41.1 Å². The molecule has 0 unspecified atom stereocenters. The number of hydrogen-bond donors (Lipinski definition) is 2. The number of nitrogens with one attached hydrogen (secondary N) is 2. The van der Waals surface area contributed by atoms with Crippen LogP contribution in [0.2, 0.25) is 0 Å². The topological polar surface area (TPSA) is 54.0 Å². The molecule has 2 amide bonds. The molecule has 0 saturated carbocycles. The molecule has 1 heterocycles. The van der Waals surface area contributed by atoms with Crippen LogP contribution < -0.4 is 10.0 Å². The number of carbonyl (C=O) groups excluding carboxylic acids is 1. The molecule has 0 aliphatic rings. The molecular weight excluding hydrogens is 250 g/mol. The monoisotopic (exact) mass is 263 g/mol. The van der Waals surface area contributed by atoms with Crippen molar-refractivity contribution in [2.75, 3.05) is 18.6 Å². The summed E-state index contributed by atoms with van der Waals surface area (Å²) < 4.78 is 3.78. The van der Waals surface area contributed by atoms with Crippen molar-refractivity contribution in [3.8, 4) is 0 Å². The predicted octanol–water partition coefficient (Wildman–Crippen LogP) is 2.20. The van der Waals surface area contributed by atoms with Crippen LogP contribution in [0.4, 0.5) is 4.79 Å². The minimum absolute atomic E-state index is 0.146. The van der Waals surface area contributed by atoms with E-state index in [1.165, 1.54) is 11.9 Å². The molecule has 1 aromatic rings. The Balaban J connectivity index is 1.91. The first-order valence-corrected chi connectivity index (χ1v) is 7.30. The fourth-order valence-electron chi connectivity index (χ4n) is 0.740. The van der Waals surface area contributed by atoms with E-state index in [4.69, 9.17) is 0 Å². The number of hydrogen-bond acceptors (Lipinski definition) is 5. The quantitative estimate of drug-likeness (QED) is 0.469. The van der Waals surface area contributed by atoms with Crippen molar-refractivity contribution in [2.45, 2.75) is 10.8 Å². The average molecular weight is 263 g/mol. The van der Waals surface area contributed by atoms with E-state index in [-0.39, 0.29) is 6.03 Å². The van der Waals surface area contributed by atoms with Crippen molar-refractivity contribution < 1.29 is 4.79 Å². The summed E-state index contributed by atoms with van der Waals surface area (Å²) in [5, 5.41) is 4.47. The summed E-state index contributed by atoms with van der Waals surface area (Å²) >= 11 is 4.85. The van der Waals surface area contributed by atoms with E-state index in [1.54, 1.807) is 30.1 Å². The maximum absolute atomic E-state index is 10.8. The van der Waals surface area contributed by atoms with Gasteiger partial charge in [-0.3, -0.25) is 4.72 Å². The van der Waals surface area contributed by atoms with Gasteiger partial charge in [-0.05, 0) is 18.4 Å². The highest BCUT2D eigenvalue weighted by atomic mass is 32.2. The minimum Gasteiger partial charge on any atom is -0.341 e. The molecule has 1 rings (SSSR count).